The third-order valence-corrected chi connectivity index (χ3v) is 5.86. The highest BCUT2D eigenvalue weighted by Crippen LogP contribution is 2.16. The predicted molar refractivity (Wildman–Crippen MR) is 133 cm³/mol. The molecule has 0 unspecified atom stereocenters. The first kappa shape index (κ1) is 24.4. The second kappa shape index (κ2) is 9.85. The molecule has 0 aliphatic carbocycles. The van der Waals surface area contributed by atoms with Crippen LogP contribution >= 0.6 is 0 Å². The molecule has 2 aromatic heterocycles. The third kappa shape index (κ3) is 5.03. The molecule has 4 aromatic rings. The normalized spacial score (nSPS) is 11.7. The third-order valence-electron chi connectivity index (χ3n) is 5.86. The summed E-state index contributed by atoms with van der Waals surface area (Å²) >= 11 is 0. The van der Waals surface area contributed by atoms with Crippen molar-refractivity contribution in [2.24, 2.45) is 11.8 Å². The van der Waals surface area contributed by atoms with Crippen LogP contribution in [0.5, 0.6) is 0 Å². The summed E-state index contributed by atoms with van der Waals surface area (Å²) in [6.07, 6.45) is 0.724. The van der Waals surface area contributed by atoms with Crippen LogP contribution < -0.4 is 16.6 Å². The fourth-order valence-corrected chi connectivity index (χ4v) is 3.96. The molecule has 0 spiro atoms. The molecule has 184 valence electrons. The Kier molecular flexibility index (Phi) is 6.86. The molecule has 0 saturated carbocycles. The fourth-order valence-electron chi connectivity index (χ4n) is 3.96. The number of nitrogens with one attached hydrogen (secondary N) is 1. The zero-order chi connectivity index (χ0) is 25.3. The minimum absolute atomic E-state index is 0.0483. The number of hydrogen-bond acceptors (Lipinski definition) is 4. The zero-order valence-corrected chi connectivity index (χ0v) is 20.4. The molecule has 0 bridgehead atoms. The Morgan fingerprint density at radius 1 is 1.06 bits per heavy atom. The lowest BCUT2D eigenvalue weighted by molar-refractivity contribution is 0.0949. The maximum Gasteiger partial charge on any atom is 0.352 e. The molecular formula is C26H30FN5O3. The molecule has 8 nitrogen and oxygen atoms in total. The lowest BCUT2D eigenvalue weighted by Crippen LogP contribution is -2.29. The molecule has 35 heavy (non-hydrogen) atoms. The van der Waals surface area contributed by atoms with Gasteiger partial charge in [0.05, 0.1) is 17.4 Å². The number of aryl methyl sites for hydroxylation is 1. The van der Waals surface area contributed by atoms with Gasteiger partial charge in [0.2, 0.25) is 5.78 Å². The first-order valence-electron chi connectivity index (χ1n) is 11.8. The molecule has 0 radical (unpaired) electrons. The number of rotatable bonds is 8. The molecule has 4 rings (SSSR count). The van der Waals surface area contributed by atoms with Gasteiger partial charge in [-0.2, -0.15) is 0 Å². The number of carbonyl (C=O) groups excluding carboxylic acids is 1. The van der Waals surface area contributed by atoms with Crippen LogP contribution in [0.25, 0.3) is 16.7 Å². The van der Waals surface area contributed by atoms with Crippen molar-refractivity contribution >= 4 is 22.6 Å². The highest BCUT2D eigenvalue weighted by molar-refractivity contribution is 5.98. The van der Waals surface area contributed by atoms with Gasteiger partial charge in [0.25, 0.3) is 11.5 Å². The van der Waals surface area contributed by atoms with Crippen molar-refractivity contribution in [3.8, 4) is 0 Å². The van der Waals surface area contributed by atoms with Crippen molar-refractivity contribution in [3.05, 3.63) is 80.2 Å². The molecule has 0 aliphatic heterocycles. The maximum atomic E-state index is 13.7. The summed E-state index contributed by atoms with van der Waals surface area (Å²) in [5.41, 5.74) is 0.504. The van der Waals surface area contributed by atoms with Gasteiger partial charge in [0, 0.05) is 18.7 Å². The fraction of sp³-hybridized carbons (Fsp3) is 0.385. The molecule has 2 heterocycles. The summed E-state index contributed by atoms with van der Waals surface area (Å²) in [4.78, 5) is 39.6. The van der Waals surface area contributed by atoms with Gasteiger partial charge in [-0.3, -0.25) is 14.2 Å². The Hall–Kier alpha value is -3.75. The quantitative estimate of drug-likeness (QED) is 0.419. The number of benzene rings is 2. The van der Waals surface area contributed by atoms with Crippen LogP contribution in [0.1, 0.15) is 50.0 Å². The summed E-state index contributed by atoms with van der Waals surface area (Å²) in [5, 5.41) is 7.66. The van der Waals surface area contributed by atoms with E-state index in [9.17, 15) is 18.8 Å². The van der Waals surface area contributed by atoms with Crippen molar-refractivity contribution in [2.45, 2.75) is 47.2 Å². The van der Waals surface area contributed by atoms with Gasteiger partial charge >= 0.3 is 5.69 Å². The number of nitrogens with zero attached hydrogens (tertiary/aromatic N) is 4. The van der Waals surface area contributed by atoms with Crippen molar-refractivity contribution in [2.75, 3.05) is 6.54 Å². The van der Waals surface area contributed by atoms with Gasteiger partial charge in [0.15, 0.2) is 0 Å². The minimum atomic E-state index is -0.465. The summed E-state index contributed by atoms with van der Waals surface area (Å²) < 4.78 is 17.8. The van der Waals surface area contributed by atoms with E-state index in [2.05, 4.69) is 24.3 Å². The van der Waals surface area contributed by atoms with E-state index < -0.39 is 11.5 Å². The van der Waals surface area contributed by atoms with Crippen LogP contribution in [0.4, 0.5) is 4.39 Å². The summed E-state index contributed by atoms with van der Waals surface area (Å²) in [6.45, 7) is 9.05. The highest BCUT2D eigenvalue weighted by Gasteiger charge is 2.19. The molecule has 1 N–H and O–H groups in total. The first-order chi connectivity index (χ1) is 16.7. The average molecular weight is 480 g/mol. The summed E-state index contributed by atoms with van der Waals surface area (Å²) in [5.74, 6) is 0.131. The average Bonchev–Trinajstić information content (AvgIpc) is 3.12. The van der Waals surface area contributed by atoms with Crippen molar-refractivity contribution in [3.63, 3.8) is 0 Å². The van der Waals surface area contributed by atoms with E-state index in [1.165, 1.54) is 25.8 Å². The molecule has 1 amide bonds. The van der Waals surface area contributed by atoms with E-state index >= 15 is 0 Å². The number of carbonyl (C=O) groups is 1. The Morgan fingerprint density at radius 2 is 1.83 bits per heavy atom. The van der Waals surface area contributed by atoms with Crippen LogP contribution in [-0.2, 0) is 13.1 Å². The van der Waals surface area contributed by atoms with Crippen LogP contribution in [0.2, 0.25) is 0 Å². The van der Waals surface area contributed by atoms with Gasteiger partial charge in [0.1, 0.15) is 5.82 Å². The van der Waals surface area contributed by atoms with Crippen LogP contribution in [0.15, 0.2) is 52.1 Å². The van der Waals surface area contributed by atoms with Crippen LogP contribution in [-0.4, -0.2) is 31.2 Å². The molecule has 2 aromatic carbocycles. The lowest BCUT2D eigenvalue weighted by atomic mass is 10.1. The summed E-state index contributed by atoms with van der Waals surface area (Å²) in [7, 11) is 0. The Bertz CT molecular complexity index is 1510. The van der Waals surface area contributed by atoms with E-state index in [0.717, 1.165) is 6.42 Å². The van der Waals surface area contributed by atoms with Gasteiger partial charge in [-0.05, 0) is 54.2 Å². The largest absolute Gasteiger partial charge is 0.352 e. The van der Waals surface area contributed by atoms with Crippen molar-refractivity contribution in [1.82, 2.24) is 24.1 Å². The molecular weight excluding hydrogens is 449 g/mol. The molecule has 0 fully saturated rings. The Morgan fingerprint density at radius 3 is 2.51 bits per heavy atom. The zero-order valence-electron chi connectivity index (χ0n) is 20.4. The molecule has 0 saturated heterocycles. The number of aromatic nitrogens is 4. The Balaban J connectivity index is 1.92. The molecule has 0 aliphatic rings. The van der Waals surface area contributed by atoms with E-state index in [0.29, 0.717) is 41.0 Å². The van der Waals surface area contributed by atoms with Gasteiger partial charge in [-0.25, -0.2) is 18.3 Å². The number of halogens is 1. The van der Waals surface area contributed by atoms with E-state index in [1.54, 1.807) is 30.3 Å². The van der Waals surface area contributed by atoms with Crippen molar-refractivity contribution < 1.29 is 9.18 Å². The Labute approximate surface area is 202 Å². The maximum absolute atomic E-state index is 13.7. The van der Waals surface area contributed by atoms with E-state index in [1.807, 2.05) is 13.8 Å². The topological polar surface area (TPSA) is 90.4 Å². The molecule has 0 atom stereocenters. The number of fused-ring (bicyclic) bond motifs is 3. The van der Waals surface area contributed by atoms with Crippen LogP contribution in [0, 0.1) is 17.7 Å². The van der Waals surface area contributed by atoms with E-state index in [-0.39, 0.29) is 29.7 Å². The van der Waals surface area contributed by atoms with Gasteiger partial charge < -0.3 is 5.32 Å². The number of hydrogen-bond donors (Lipinski definition) is 1. The second-order valence-electron chi connectivity index (χ2n) is 9.68. The predicted octanol–water partition coefficient (Wildman–Crippen LogP) is 3.43. The molecule has 9 heteroatoms. The van der Waals surface area contributed by atoms with E-state index in [4.69, 9.17) is 0 Å². The summed E-state index contributed by atoms with van der Waals surface area (Å²) in [6, 6.07) is 10.7. The van der Waals surface area contributed by atoms with Gasteiger partial charge in [-0.1, -0.05) is 39.8 Å². The first-order valence-corrected chi connectivity index (χ1v) is 11.8. The lowest BCUT2D eigenvalue weighted by Gasteiger charge is -2.12. The van der Waals surface area contributed by atoms with Crippen LogP contribution in [0.3, 0.4) is 0 Å². The monoisotopic (exact) mass is 479 g/mol. The van der Waals surface area contributed by atoms with Crippen molar-refractivity contribution in [1.29, 1.82) is 0 Å². The minimum Gasteiger partial charge on any atom is -0.352 e. The second-order valence-corrected chi connectivity index (χ2v) is 9.68. The standard InChI is InChI=1S/C26H30FN5O3/c1-16(2)10-11-30-24(34)21-9-8-19(23(33)28-14-17(3)4)13-22(21)32-25(30)29-31(26(32)35)15-18-6-5-7-20(27)12-18/h5-9,12-13,16-17H,10-11,14-15H2,1-4H3,(H,28,33). The highest BCUT2D eigenvalue weighted by atomic mass is 19.1. The number of amides is 1. The smallest absolute Gasteiger partial charge is 0.352 e. The SMILES string of the molecule is CC(C)CCn1c(=O)c2ccc(C(=O)NCC(C)C)cc2n2c(=O)n(Cc3cccc(F)c3)nc12. The van der Waals surface area contributed by atoms with Gasteiger partial charge in [-0.15, -0.1) is 5.10 Å².